The number of anilines is 1. The van der Waals surface area contributed by atoms with Crippen LogP contribution in [0.4, 0.5) is 5.82 Å². The Bertz CT molecular complexity index is 455. The number of pyridine rings is 1. The van der Waals surface area contributed by atoms with E-state index in [1.807, 2.05) is 0 Å². The maximum Gasteiger partial charge on any atom is 0.179 e. The number of sulfone groups is 1. The fourth-order valence-corrected chi connectivity index (χ4v) is 2.38. The van der Waals surface area contributed by atoms with E-state index in [2.05, 4.69) is 4.98 Å². The largest absolute Gasteiger partial charge is 0.353 e. The van der Waals surface area contributed by atoms with E-state index in [9.17, 15) is 8.42 Å². The molecule has 1 aromatic rings. The fourth-order valence-electron chi connectivity index (χ4n) is 1.54. The molecule has 0 saturated carbocycles. The molecule has 0 saturated heterocycles. The minimum absolute atomic E-state index is 0.210. The van der Waals surface area contributed by atoms with E-state index >= 15 is 0 Å². The van der Waals surface area contributed by atoms with E-state index in [0.29, 0.717) is 32.0 Å². The summed E-state index contributed by atoms with van der Waals surface area (Å²) in [5.74, 6) is 0.422. The van der Waals surface area contributed by atoms with Gasteiger partial charge in [-0.25, -0.2) is 13.4 Å². The van der Waals surface area contributed by atoms with Crippen LogP contribution in [0.3, 0.4) is 0 Å². The van der Waals surface area contributed by atoms with Crippen LogP contribution in [0.5, 0.6) is 0 Å². The maximum absolute atomic E-state index is 11.6. The van der Waals surface area contributed by atoms with Gasteiger partial charge in [-0.1, -0.05) is 0 Å². The van der Waals surface area contributed by atoms with Crippen molar-refractivity contribution >= 4 is 15.7 Å². The molecule has 1 heterocycles. The van der Waals surface area contributed by atoms with E-state index in [0.717, 1.165) is 6.26 Å². The Morgan fingerprint density at radius 3 is 2.35 bits per heavy atom. The van der Waals surface area contributed by atoms with E-state index in [1.165, 1.54) is 6.07 Å². The summed E-state index contributed by atoms with van der Waals surface area (Å²) in [5.41, 5.74) is 11.0. The number of nitrogens with two attached hydrogens (primary N) is 2. The van der Waals surface area contributed by atoms with Gasteiger partial charge in [-0.15, -0.1) is 0 Å². The molecule has 96 valence electrons. The highest BCUT2D eigenvalue weighted by Gasteiger charge is 2.18. The van der Waals surface area contributed by atoms with Crippen LogP contribution < -0.4 is 16.4 Å². The Morgan fingerprint density at radius 1 is 1.29 bits per heavy atom. The van der Waals surface area contributed by atoms with Gasteiger partial charge in [0.2, 0.25) is 0 Å². The zero-order valence-electron chi connectivity index (χ0n) is 9.83. The Labute approximate surface area is 102 Å². The first-order valence-electron chi connectivity index (χ1n) is 5.31. The van der Waals surface area contributed by atoms with Crippen molar-refractivity contribution in [3.8, 4) is 0 Å². The molecule has 1 rings (SSSR count). The summed E-state index contributed by atoms with van der Waals surface area (Å²) >= 11 is 0. The second-order valence-corrected chi connectivity index (χ2v) is 5.65. The third-order valence-corrected chi connectivity index (χ3v) is 3.37. The smallest absolute Gasteiger partial charge is 0.179 e. The molecule has 0 atom stereocenters. The Balaban J connectivity index is 3.18. The van der Waals surface area contributed by atoms with Gasteiger partial charge in [0.15, 0.2) is 9.84 Å². The van der Waals surface area contributed by atoms with Crippen molar-refractivity contribution in [2.45, 2.75) is 4.90 Å². The first-order chi connectivity index (χ1) is 8.00. The van der Waals surface area contributed by atoms with E-state index in [1.54, 1.807) is 17.2 Å². The summed E-state index contributed by atoms with van der Waals surface area (Å²) in [6.07, 6.45) is 2.72. The van der Waals surface area contributed by atoms with E-state index in [4.69, 9.17) is 11.5 Å². The van der Waals surface area contributed by atoms with Gasteiger partial charge in [0, 0.05) is 38.6 Å². The van der Waals surface area contributed by atoms with Gasteiger partial charge in [0.1, 0.15) is 10.7 Å². The summed E-state index contributed by atoms with van der Waals surface area (Å²) in [5, 5.41) is 0. The molecule has 0 amide bonds. The molecule has 4 N–H and O–H groups in total. The van der Waals surface area contributed by atoms with Crippen molar-refractivity contribution in [3.05, 3.63) is 18.3 Å². The lowest BCUT2D eigenvalue weighted by atomic mass is 10.4. The zero-order chi connectivity index (χ0) is 12.9. The molecule has 0 aliphatic heterocycles. The van der Waals surface area contributed by atoms with Crippen LogP contribution in [-0.2, 0) is 9.84 Å². The number of aromatic nitrogens is 1. The third-order valence-electron chi connectivity index (χ3n) is 2.25. The van der Waals surface area contributed by atoms with Crippen molar-refractivity contribution < 1.29 is 8.42 Å². The van der Waals surface area contributed by atoms with Crippen molar-refractivity contribution in [3.63, 3.8) is 0 Å². The predicted octanol–water partition coefficient (Wildman–Crippen LogP) is -0.791. The molecule has 0 fully saturated rings. The first kappa shape index (κ1) is 13.9. The molecule has 0 radical (unpaired) electrons. The minimum Gasteiger partial charge on any atom is -0.353 e. The average molecular weight is 258 g/mol. The van der Waals surface area contributed by atoms with Gasteiger partial charge >= 0.3 is 0 Å². The van der Waals surface area contributed by atoms with Crippen molar-refractivity contribution in [2.75, 3.05) is 37.3 Å². The SMILES string of the molecule is CS(=O)(=O)c1cccnc1N(CCN)CCN. The lowest BCUT2D eigenvalue weighted by Gasteiger charge is -2.23. The molecular weight excluding hydrogens is 240 g/mol. The predicted molar refractivity (Wildman–Crippen MR) is 67.7 cm³/mol. The highest BCUT2D eigenvalue weighted by Crippen LogP contribution is 2.21. The quantitative estimate of drug-likeness (QED) is 0.693. The molecule has 7 heteroatoms. The molecular formula is C10H18N4O2S. The highest BCUT2D eigenvalue weighted by atomic mass is 32.2. The second kappa shape index (κ2) is 5.95. The van der Waals surface area contributed by atoms with Gasteiger partial charge in [0.25, 0.3) is 0 Å². The zero-order valence-corrected chi connectivity index (χ0v) is 10.7. The van der Waals surface area contributed by atoms with Crippen molar-refractivity contribution in [2.24, 2.45) is 11.5 Å². The summed E-state index contributed by atoms with van der Waals surface area (Å²) in [6.45, 7) is 1.88. The second-order valence-electron chi connectivity index (χ2n) is 3.66. The molecule has 0 spiro atoms. The van der Waals surface area contributed by atoms with Gasteiger partial charge in [-0.05, 0) is 12.1 Å². The normalized spacial score (nSPS) is 11.5. The van der Waals surface area contributed by atoms with Gasteiger partial charge < -0.3 is 16.4 Å². The van der Waals surface area contributed by atoms with Gasteiger partial charge in [-0.2, -0.15) is 0 Å². The molecule has 0 aliphatic carbocycles. The van der Waals surface area contributed by atoms with Crippen molar-refractivity contribution in [1.29, 1.82) is 0 Å². The number of rotatable bonds is 6. The third kappa shape index (κ3) is 3.65. The lowest BCUT2D eigenvalue weighted by Crippen LogP contribution is -2.35. The van der Waals surface area contributed by atoms with Crippen LogP contribution in [0, 0.1) is 0 Å². The molecule has 0 bridgehead atoms. The summed E-state index contributed by atoms with van der Waals surface area (Å²) < 4.78 is 23.3. The van der Waals surface area contributed by atoms with Crippen molar-refractivity contribution in [1.82, 2.24) is 4.98 Å². The van der Waals surface area contributed by atoms with Crippen LogP contribution >= 0.6 is 0 Å². The molecule has 17 heavy (non-hydrogen) atoms. The van der Waals surface area contributed by atoms with Crippen LogP contribution in [0.25, 0.3) is 0 Å². The van der Waals surface area contributed by atoms with E-state index < -0.39 is 9.84 Å². The Morgan fingerprint density at radius 2 is 1.88 bits per heavy atom. The molecule has 0 aliphatic rings. The van der Waals surface area contributed by atoms with Crippen LogP contribution in [-0.4, -0.2) is 45.8 Å². The topological polar surface area (TPSA) is 102 Å². The van der Waals surface area contributed by atoms with Crippen LogP contribution in [0.2, 0.25) is 0 Å². The van der Waals surface area contributed by atoms with Crippen LogP contribution in [0.15, 0.2) is 23.2 Å². The Kier molecular flexibility index (Phi) is 4.86. The monoisotopic (exact) mass is 258 g/mol. The molecule has 6 nitrogen and oxygen atoms in total. The Hall–Kier alpha value is -1.18. The molecule has 0 unspecified atom stereocenters. The van der Waals surface area contributed by atoms with E-state index in [-0.39, 0.29) is 4.90 Å². The number of hydrogen-bond acceptors (Lipinski definition) is 6. The first-order valence-corrected chi connectivity index (χ1v) is 7.20. The fraction of sp³-hybridized carbons (Fsp3) is 0.500. The summed E-state index contributed by atoms with van der Waals surface area (Å²) in [7, 11) is -3.30. The average Bonchev–Trinajstić information content (AvgIpc) is 2.28. The molecule has 1 aromatic heterocycles. The molecule has 0 aromatic carbocycles. The highest BCUT2D eigenvalue weighted by molar-refractivity contribution is 7.90. The summed E-state index contributed by atoms with van der Waals surface area (Å²) in [4.78, 5) is 6.12. The summed E-state index contributed by atoms with van der Waals surface area (Å²) in [6, 6.07) is 3.14. The maximum atomic E-state index is 11.6. The van der Waals surface area contributed by atoms with Gasteiger partial charge in [0.05, 0.1) is 0 Å². The van der Waals surface area contributed by atoms with Gasteiger partial charge in [-0.3, -0.25) is 0 Å². The lowest BCUT2D eigenvalue weighted by molar-refractivity contribution is 0.600. The number of nitrogens with zero attached hydrogens (tertiary/aromatic N) is 2. The number of hydrogen-bond donors (Lipinski definition) is 2. The minimum atomic E-state index is -3.30. The standard InChI is InChI=1S/C10H18N4O2S/c1-17(15,16)9-3-2-6-13-10(9)14(7-4-11)8-5-12/h2-3,6H,4-5,7-8,11-12H2,1H3. The van der Waals surface area contributed by atoms with Crippen LogP contribution in [0.1, 0.15) is 0 Å².